The van der Waals surface area contributed by atoms with E-state index in [1.165, 1.54) is 15.6 Å². The SMILES string of the molecule is CO[C@H]1C[C@H](C)C1NC(=O)c1cnc2c(N(C)C(=O)OC(C)(C)C)cc(Nc3cccn(C4[C@H]5COC[C@@H]45)c3=O)nn12. The summed E-state index contributed by atoms with van der Waals surface area (Å²) in [6.45, 7) is 8.71. The van der Waals surface area contributed by atoms with Gasteiger partial charge in [-0.2, -0.15) is 0 Å². The molecular formula is C29H37N7O6. The summed E-state index contributed by atoms with van der Waals surface area (Å²) in [5.74, 6) is 0.839. The predicted molar refractivity (Wildman–Crippen MR) is 154 cm³/mol. The van der Waals surface area contributed by atoms with E-state index in [1.54, 1.807) is 57.8 Å². The largest absolute Gasteiger partial charge is 0.443 e. The molecule has 6 rings (SSSR count). The van der Waals surface area contributed by atoms with Gasteiger partial charge >= 0.3 is 6.09 Å². The van der Waals surface area contributed by atoms with Gasteiger partial charge in [-0.15, -0.1) is 5.10 Å². The molecule has 13 heteroatoms. The van der Waals surface area contributed by atoms with Gasteiger partial charge in [-0.05, 0) is 45.2 Å². The van der Waals surface area contributed by atoms with E-state index in [4.69, 9.17) is 14.2 Å². The fourth-order valence-corrected chi connectivity index (χ4v) is 5.98. The van der Waals surface area contributed by atoms with Crippen molar-refractivity contribution >= 4 is 34.8 Å². The van der Waals surface area contributed by atoms with Crippen molar-refractivity contribution < 1.29 is 23.8 Å². The molecule has 0 spiro atoms. The van der Waals surface area contributed by atoms with Crippen LogP contribution < -0.4 is 21.1 Å². The molecule has 0 bridgehead atoms. The quantitative estimate of drug-likeness (QED) is 0.432. The number of methoxy groups -OCH3 is 1. The monoisotopic (exact) mass is 579 g/mol. The summed E-state index contributed by atoms with van der Waals surface area (Å²) < 4.78 is 19.7. The van der Waals surface area contributed by atoms with Gasteiger partial charge in [-0.3, -0.25) is 14.5 Å². The van der Waals surface area contributed by atoms with Gasteiger partial charge in [0.25, 0.3) is 11.5 Å². The van der Waals surface area contributed by atoms with Crippen LogP contribution in [0.5, 0.6) is 0 Å². The average molecular weight is 580 g/mol. The molecule has 4 heterocycles. The van der Waals surface area contributed by atoms with Crippen molar-refractivity contribution in [2.24, 2.45) is 17.8 Å². The maximum Gasteiger partial charge on any atom is 0.414 e. The van der Waals surface area contributed by atoms with Gasteiger partial charge in [0.05, 0.1) is 37.2 Å². The number of hydrogen-bond acceptors (Lipinski definition) is 9. The summed E-state index contributed by atoms with van der Waals surface area (Å²) in [6, 6.07) is 5.08. The highest BCUT2D eigenvalue weighted by Crippen LogP contribution is 2.53. The van der Waals surface area contributed by atoms with E-state index in [1.807, 2.05) is 6.07 Å². The fourth-order valence-electron chi connectivity index (χ4n) is 5.98. The van der Waals surface area contributed by atoms with Crippen LogP contribution in [0.4, 0.5) is 22.0 Å². The van der Waals surface area contributed by atoms with Crippen molar-refractivity contribution in [1.29, 1.82) is 0 Å². The summed E-state index contributed by atoms with van der Waals surface area (Å²) in [5, 5.41) is 10.8. The number of imidazole rings is 1. The fraction of sp³-hybridized carbons (Fsp3) is 0.552. The smallest absolute Gasteiger partial charge is 0.414 e. The standard InChI is InChI=1S/C29H37N7O6/c1-15-10-21(40-6)23(15)32-26(37)20-12-30-25-19(34(5)28(39)42-29(2,3)4)11-22(33-36(20)25)31-18-8-7-9-35(27(18)38)24-16-13-41-14-17(16)24/h7-9,11-12,15-17,21,23-24H,10,13-14H2,1-6H3,(H,31,33)(H,32,37)/t15-,16-,17+,21-,23?,24?/m0/s1. The lowest BCUT2D eigenvalue weighted by Gasteiger charge is -2.42. The van der Waals surface area contributed by atoms with E-state index < -0.39 is 11.7 Å². The molecule has 2 aliphatic carbocycles. The Labute approximate surface area is 243 Å². The number of pyridine rings is 1. The third kappa shape index (κ3) is 5.00. The van der Waals surface area contributed by atoms with Crippen LogP contribution in [0.2, 0.25) is 0 Å². The van der Waals surface area contributed by atoms with Crippen LogP contribution in [0.15, 0.2) is 35.4 Å². The maximum atomic E-state index is 13.5. The molecule has 13 nitrogen and oxygen atoms in total. The van der Waals surface area contributed by atoms with Crippen LogP contribution in [0.25, 0.3) is 5.65 Å². The lowest BCUT2D eigenvalue weighted by molar-refractivity contribution is -0.0278. The Hall–Kier alpha value is -3.97. The number of anilines is 3. The minimum atomic E-state index is -0.727. The van der Waals surface area contributed by atoms with Crippen molar-refractivity contribution in [3.8, 4) is 0 Å². The van der Waals surface area contributed by atoms with Gasteiger partial charge in [0.1, 0.15) is 11.3 Å². The summed E-state index contributed by atoms with van der Waals surface area (Å²) in [6.07, 6.45) is 3.39. The van der Waals surface area contributed by atoms with Gasteiger partial charge in [0, 0.05) is 44.3 Å². The average Bonchev–Trinajstić information content (AvgIpc) is 3.25. The molecule has 3 aromatic rings. The molecule has 6 atom stereocenters. The first-order chi connectivity index (χ1) is 20.0. The van der Waals surface area contributed by atoms with Crippen LogP contribution >= 0.6 is 0 Å². The Balaban J connectivity index is 1.36. The minimum Gasteiger partial charge on any atom is -0.443 e. The highest BCUT2D eigenvalue weighted by Gasteiger charge is 2.55. The number of nitrogens with zero attached hydrogens (tertiary/aromatic N) is 5. The highest BCUT2D eigenvalue weighted by molar-refractivity contribution is 5.96. The zero-order chi connectivity index (χ0) is 29.9. The van der Waals surface area contributed by atoms with E-state index in [9.17, 15) is 14.4 Å². The highest BCUT2D eigenvalue weighted by atomic mass is 16.6. The van der Waals surface area contributed by atoms with E-state index in [0.29, 0.717) is 36.4 Å². The van der Waals surface area contributed by atoms with Crippen LogP contribution in [0.1, 0.15) is 50.6 Å². The number of ether oxygens (including phenoxy) is 3. The summed E-state index contributed by atoms with van der Waals surface area (Å²) in [4.78, 5) is 45.7. The predicted octanol–water partition coefficient (Wildman–Crippen LogP) is 2.98. The number of aromatic nitrogens is 4. The van der Waals surface area contributed by atoms with Crippen molar-refractivity contribution in [2.75, 3.05) is 37.6 Å². The second-order valence-electron chi connectivity index (χ2n) is 12.4. The normalized spacial score (nSPS) is 26.3. The second kappa shape index (κ2) is 10.4. The van der Waals surface area contributed by atoms with Crippen LogP contribution in [-0.2, 0) is 14.2 Å². The van der Waals surface area contributed by atoms with E-state index in [0.717, 1.165) is 6.42 Å². The Kier molecular flexibility index (Phi) is 6.97. The number of amides is 2. The Morgan fingerprint density at radius 1 is 1.21 bits per heavy atom. The van der Waals surface area contributed by atoms with Crippen molar-refractivity contribution in [1.82, 2.24) is 24.5 Å². The molecule has 224 valence electrons. The topological polar surface area (TPSA) is 141 Å². The first-order valence-electron chi connectivity index (χ1n) is 14.2. The summed E-state index contributed by atoms with van der Waals surface area (Å²) in [5.41, 5.74) is 0.206. The van der Waals surface area contributed by atoms with E-state index >= 15 is 0 Å². The molecule has 2 amide bonds. The molecule has 3 aliphatic rings. The Morgan fingerprint density at radius 3 is 2.62 bits per heavy atom. The zero-order valence-corrected chi connectivity index (χ0v) is 24.7. The molecule has 1 aliphatic heterocycles. The molecular weight excluding hydrogens is 542 g/mol. The Bertz CT molecular complexity index is 1580. The van der Waals surface area contributed by atoms with Gasteiger partial charge < -0.3 is 29.4 Å². The van der Waals surface area contributed by atoms with Crippen molar-refractivity contribution in [3.05, 3.63) is 46.6 Å². The first kappa shape index (κ1) is 28.2. The third-order valence-electron chi connectivity index (χ3n) is 8.39. The lowest BCUT2D eigenvalue weighted by atomic mass is 9.78. The van der Waals surface area contributed by atoms with Gasteiger partial charge in [0.2, 0.25) is 0 Å². The van der Waals surface area contributed by atoms with Crippen LogP contribution in [-0.4, -0.2) is 76.3 Å². The van der Waals surface area contributed by atoms with Gasteiger partial charge in [-0.1, -0.05) is 6.92 Å². The molecule has 2 N–H and O–H groups in total. The molecule has 3 aromatic heterocycles. The molecule has 0 aromatic carbocycles. The number of fused-ring (bicyclic) bond motifs is 2. The second-order valence-corrected chi connectivity index (χ2v) is 12.4. The minimum absolute atomic E-state index is 0.0694. The molecule has 1 saturated heterocycles. The van der Waals surface area contributed by atoms with E-state index in [-0.39, 0.29) is 52.7 Å². The maximum absolute atomic E-state index is 13.5. The third-order valence-corrected chi connectivity index (χ3v) is 8.39. The molecule has 42 heavy (non-hydrogen) atoms. The number of nitrogens with one attached hydrogen (secondary N) is 2. The molecule has 3 fully saturated rings. The molecule has 2 unspecified atom stereocenters. The van der Waals surface area contributed by atoms with Crippen LogP contribution in [0.3, 0.4) is 0 Å². The van der Waals surface area contributed by atoms with Gasteiger partial charge in [0.15, 0.2) is 17.2 Å². The summed E-state index contributed by atoms with van der Waals surface area (Å²) in [7, 11) is 3.19. The van der Waals surface area contributed by atoms with Crippen molar-refractivity contribution in [3.63, 3.8) is 0 Å². The summed E-state index contributed by atoms with van der Waals surface area (Å²) >= 11 is 0. The zero-order valence-electron chi connectivity index (χ0n) is 24.7. The van der Waals surface area contributed by atoms with Crippen molar-refractivity contribution in [2.45, 2.75) is 57.9 Å². The first-order valence-corrected chi connectivity index (χ1v) is 14.2. The van der Waals surface area contributed by atoms with Crippen LogP contribution in [0, 0.1) is 17.8 Å². The molecule has 2 saturated carbocycles. The number of rotatable bonds is 7. The lowest BCUT2D eigenvalue weighted by Crippen LogP contribution is -2.57. The Morgan fingerprint density at radius 2 is 1.95 bits per heavy atom. The number of carbonyl (C=O) groups excluding carboxylic acids is 2. The number of hydrogen-bond donors (Lipinski definition) is 2. The number of carbonyl (C=O) groups is 2. The van der Waals surface area contributed by atoms with E-state index in [2.05, 4.69) is 27.6 Å². The molecule has 0 radical (unpaired) electrons. The van der Waals surface area contributed by atoms with Gasteiger partial charge in [-0.25, -0.2) is 14.3 Å².